The molecule has 0 aliphatic heterocycles. The molecule has 0 radical (unpaired) electrons. The average Bonchev–Trinajstić information content (AvgIpc) is 2.51. The van der Waals surface area contributed by atoms with E-state index in [1.807, 2.05) is 0 Å². The smallest absolute Gasteiger partial charge is 0.0000560 e. The fourth-order valence-electron chi connectivity index (χ4n) is 1.20. The van der Waals surface area contributed by atoms with Crippen LogP contribution in [0.3, 0.4) is 0 Å². The monoisotopic (exact) mass is 350 g/mol. The van der Waals surface area contributed by atoms with E-state index < -0.39 is 0 Å². The van der Waals surface area contributed by atoms with Gasteiger partial charge in [-0.15, -0.1) is 0 Å². The number of halogens is 2. The third-order valence-corrected chi connectivity index (χ3v) is 3.29. The van der Waals surface area contributed by atoms with Crippen LogP contribution in [0, 0.1) is 5.41 Å². The zero-order valence-corrected chi connectivity index (χ0v) is 9.81. The summed E-state index contributed by atoms with van der Waals surface area (Å²) < 4.78 is 2.71. The van der Waals surface area contributed by atoms with Gasteiger partial charge in [0.1, 0.15) is 0 Å². The molecule has 2 heteroatoms. The molecule has 1 saturated carbocycles. The average molecular weight is 350 g/mol. The SMILES string of the molecule is ICCC1(CCI)CC1. The normalized spacial score (nSPS) is 22.0. The predicted octanol–water partition coefficient (Wildman–Crippen LogP) is 3.42. The van der Waals surface area contributed by atoms with Crippen LogP contribution < -0.4 is 0 Å². The molecule has 9 heavy (non-hydrogen) atoms. The molecule has 1 aliphatic carbocycles. The van der Waals surface area contributed by atoms with Gasteiger partial charge in [-0.3, -0.25) is 0 Å². The molecule has 1 aliphatic rings. The summed E-state index contributed by atoms with van der Waals surface area (Å²) in [5.74, 6) is 0. The minimum absolute atomic E-state index is 0.836. The third-order valence-electron chi connectivity index (χ3n) is 2.21. The number of alkyl halides is 2. The molecule has 1 rings (SSSR count). The maximum Gasteiger partial charge on any atom is 0.0000560 e. The quantitative estimate of drug-likeness (QED) is 0.539. The van der Waals surface area contributed by atoms with Crippen molar-refractivity contribution in [3.63, 3.8) is 0 Å². The van der Waals surface area contributed by atoms with Crippen LogP contribution in [-0.2, 0) is 0 Å². The second-order valence-corrected chi connectivity index (χ2v) is 5.04. The van der Waals surface area contributed by atoms with Crippen LogP contribution >= 0.6 is 45.2 Å². The number of hydrogen-bond donors (Lipinski definition) is 0. The molecule has 1 fully saturated rings. The summed E-state index contributed by atoms with van der Waals surface area (Å²) in [7, 11) is 0. The summed E-state index contributed by atoms with van der Waals surface area (Å²) >= 11 is 4.98. The van der Waals surface area contributed by atoms with Crippen molar-refractivity contribution in [1.82, 2.24) is 0 Å². The van der Waals surface area contributed by atoms with Crippen molar-refractivity contribution in [2.45, 2.75) is 25.7 Å². The van der Waals surface area contributed by atoms with E-state index >= 15 is 0 Å². The Morgan fingerprint density at radius 2 is 1.44 bits per heavy atom. The van der Waals surface area contributed by atoms with Gasteiger partial charge in [-0.2, -0.15) is 0 Å². The first-order valence-corrected chi connectivity index (χ1v) is 6.50. The Bertz CT molecular complexity index is 78.9. The molecule has 0 nitrogen and oxygen atoms in total. The molecule has 0 spiro atoms. The Balaban J connectivity index is 2.17. The summed E-state index contributed by atoms with van der Waals surface area (Å²) in [6.07, 6.45) is 5.96. The molecule has 0 bridgehead atoms. The second kappa shape index (κ2) is 3.74. The molecule has 0 N–H and O–H groups in total. The van der Waals surface area contributed by atoms with E-state index in [1.165, 1.54) is 34.5 Å². The van der Waals surface area contributed by atoms with Gasteiger partial charge in [0.05, 0.1) is 0 Å². The Labute approximate surface area is 84.4 Å². The Morgan fingerprint density at radius 3 is 1.67 bits per heavy atom. The Hall–Kier alpha value is 1.46. The topological polar surface area (TPSA) is 0 Å². The van der Waals surface area contributed by atoms with Gasteiger partial charge in [0, 0.05) is 8.86 Å². The summed E-state index contributed by atoms with van der Waals surface area (Å²) in [5.41, 5.74) is 0.836. The van der Waals surface area contributed by atoms with Crippen molar-refractivity contribution in [2.75, 3.05) is 8.86 Å². The lowest BCUT2D eigenvalue weighted by molar-refractivity contribution is 0.488. The van der Waals surface area contributed by atoms with Crippen molar-refractivity contribution in [3.05, 3.63) is 0 Å². The molecule has 0 heterocycles. The maximum absolute atomic E-state index is 2.49. The molecule has 0 atom stereocenters. The number of hydrogen-bond acceptors (Lipinski definition) is 0. The first kappa shape index (κ1) is 8.56. The van der Waals surface area contributed by atoms with Crippen LogP contribution in [0.4, 0.5) is 0 Å². The van der Waals surface area contributed by atoms with Gasteiger partial charge in [0.15, 0.2) is 0 Å². The highest BCUT2D eigenvalue weighted by molar-refractivity contribution is 14.1. The lowest BCUT2D eigenvalue weighted by Crippen LogP contribution is -2.00. The molecule has 0 saturated heterocycles. The molecule has 0 aromatic heterocycles. The molecular weight excluding hydrogens is 338 g/mol. The molecule has 0 unspecified atom stereocenters. The standard InChI is InChI=1S/C7H12I2/c8-5-3-7(1-2-7)4-6-9/h1-6H2. The van der Waals surface area contributed by atoms with E-state index in [0.29, 0.717) is 0 Å². The summed E-state index contributed by atoms with van der Waals surface area (Å²) in [4.78, 5) is 0. The molecule has 0 aromatic rings. The van der Waals surface area contributed by atoms with E-state index in [2.05, 4.69) is 45.2 Å². The Kier molecular flexibility index (Phi) is 3.55. The van der Waals surface area contributed by atoms with Crippen molar-refractivity contribution >= 4 is 45.2 Å². The van der Waals surface area contributed by atoms with E-state index in [9.17, 15) is 0 Å². The summed E-state index contributed by atoms with van der Waals surface area (Å²) in [6, 6.07) is 0. The van der Waals surface area contributed by atoms with Gasteiger partial charge in [-0.25, -0.2) is 0 Å². The highest BCUT2D eigenvalue weighted by atomic mass is 127. The highest BCUT2D eigenvalue weighted by Gasteiger charge is 2.40. The molecule has 54 valence electrons. The molecule has 0 aromatic carbocycles. The fourth-order valence-corrected chi connectivity index (χ4v) is 3.49. The van der Waals surface area contributed by atoms with E-state index in [0.717, 1.165) is 5.41 Å². The van der Waals surface area contributed by atoms with Gasteiger partial charge in [0.25, 0.3) is 0 Å². The lowest BCUT2D eigenvalue weighted by Gasteiger charge is -2.09. The van der Waals surface area contributed by atoms with Crippen molar-refractivity contribution in [3.8, 4) is 0 Å². The lowest BCUT2D eigenvalue weighted by atomic mass is 10.0. The summed E-state index contributed by atoms with van der Waals surface area (Å²) in [5, 5.41) is 0. The fraction of sp³-hybridized carbons (Fsp3) is 1.00. The minimum Gasteiger partial charge on any atom is -0.0864 e. The van der Waals surface area contributed by atoms with Crippen LogP contribution in [0.5, 0.6) is 0 Å². The zero-order chi connectivity index (χ0) is 6.74. The number of rotatable bonds is 4. The van der Waals surface area contributed by atoms with Gasteiger partial charge in [0.2, 0.25) is 0 Å². The van der Waals surface area contributed by atoms with Gasteiger partial charge in [-0.1, -0.05) is 45.2 Å². The zero-order valence-electron chi connectivity index (χ0n) is 5.50. The van der Waals surface area contributed by atoms with Crippen LogP contribution in [0.15, 0.2) is 0 Å². The van der Waals surface area contributed by atoms with Crippen LogP contribution in [0.1, 0.15) is 25.7 Å². The summed E-state index contributed by atoms with van der Waals surface area (Å²) in [6.45, 7) is 0. The second-order valence-electron chi connectivity index (χ2n) is 2.88. The maximum atomic E-state index is 2.49. The molecule has 0 amide bonds. The van der Waals surface area contributed by atoms with Crippen LogP contribution in [0.2, 0.25) is 0 Å². The van der Waals surface area contributed by atoms with Crippen LogP contribution in [0.25, 0.3) is 0 Å². The highest BCUT2D eigenvalue weighted by Crippen LogP contribution is 2.52. The van der Waals surface area contributed by atoms with Crippen molar-refractivity contribution < 1.29 is 0 Å². The predicted molar refractivity (Wildman–Crippen MR) is 58.7 cm³/mol. The van der Waals surface area contributed by atoms with Gasteiger partial charge < -0.3 is 0 Å². The largest absolute Gasteiger partial charge is 0.0864 e. The first-order chi connectivity index (χ1) is 4.33. The van der Waals surface area contributed by atoms with Gasteiger partial charge >= 0.3 is 0 Å². The van der Waals surface area contributed by atoms with E-state index in [4.69, 9.17) is 0 Å². The van der Waals surface area contributed by atoms with E-state index in [1.54, 1.807) is 0 Å². The first-order valence-electron chi connectivity index (χ1n) is 3.45. The van der Waals surface area contributed by atoms with Crippen molar-refractivity contribution in [1.29, 1.82) is 0 Å². The van der Waals surface area contributed by atoms with Crippen molar-refractivity contribution in [2.24, 2.45) is 5.41 Å². The third kappa shape index (κ3) is 2.52. The minimum atomic E-state index is 0.836. The van der Waals surface area contributed by atoms with Crippen LogP contribution in [-0.4, -0.2) is 8.86 Å². The molecular formula is C7H12I2. The van der Waals surface area contributed by atoms with Gasteiger partial charge in [-0.05, 0) is 31.1 Å². The Morgan fingerprint density at radius 1 is 1.00 bits per heavy atom. The van der Waals surface area contributed by atoms with E-state index in [-0.39, 0.29) is 0 Å².